The van der Waals surface area contributed by atoms with Gasteiger partial charge in [0.1, 0.15) is 5.75 Å². The summed E-state index contributed by atoms with van der Waals surface area (Å²) >= 11 is 1.55. The van der Waals surface area contributed by atoms with Crippen LogP contribution in [0.15, 0.2) is 64.9 Å². The van der Waals surface area contributed by atoms with E-state index in [1.165, 1.54) is 9.87 Å². The summed E-state index contributed by atoms with van der Waals surface area (Å²) in [6, 6.07) is 16.5. The molecule has 0 saturated heterocycles. The molecule has 0 aliphatic rings. The van der Waals surface area contributed by atoms with E-state index >= 15 is 0 Å². The van der Waals surface area contributed by atoms with Crippen molar-refractivity contribution in [3.63, 3.8) is 0 Å². The second-order valence-electron chi connectivity index (χ2n) is 5.83. The van der Waals surface area contributed by atoms with Crippen LogP contribution in [0.2, 0.25) is 0 Å². The van der Waals surface area contributed by atoms with E-state index in [2.05, 4.69) is 17.1 Å². The van der Waals surface area contributed by atoms with Crippen LogP contribution in [0.1, 0.15) is 16.3 Å². The minimum absolute atomic E-state index is 0.236. The van der Waals surface area contributed by atoms with Crippen molar-refractivity contribution in [3.05, 3.63) is 76.2 Å². The number of nitrogens with zero attached hydrogens (tertiary/aromatic N) is 2. The van der Waals surface area contributed by atoms with Crippen LogP contribution in [0.5, 0.6) is 5.75 Å². The van der Waals surface area contributed by atoms with Crippen LogP contribution in [0.4, 0.5) is 0 Å². The first-order valence-corrected chi connectivity index (χ1v) is 10.4. The molecule has 26 heavy (non-hydrogen) atoms. The fourth-order valence-electron chi connectivity index (χ4n) is 2.51. The van der Waals surface area contributed by atoms with Crippen molar-refractivity contribution in [1.82, 2.24) is 9.29 Å². The minimum atomic E-state index is -3.57. The van der Waals surface area contributed by atoms with E-state index < -0.39 is 10.0 Å². The van der Waals surface area contributed by atoms with Gasteiger partial charge < -0.3 is 4.74 Å². The molecule has 3 aromatic rings. The van der Waals surface area contributed by atoms with E-state index in [1.54, 1.807) is 49.8 Å². The predicted molar refractivity (Wildman–Crippen MR) is 103 cm³/mol. The number of methoxy groups -OCH3 is 1. The van der Waals surface area contributed by atoms with Crippen molar-refractivity contribution in [2.75, 3.05) is 14.2 Å². The first kappa shape index (κ1) is 18.6. The molecule has 0 spiro atoms. The largest absolute Gasteiger partial charge is 0.497 e. The summed E-state index contributed by atoms with van der Waals surface area (Å²) in [6.45, 7) is 0.236. The second kappa shape index (κ2) is 7.99. The summed E-state index contributed by atoms with van der Waals surface area (Å²) in [5.41, 5.74) is 1.94. The summed E-state index contributed by atoms with van der Waals surface area (Å²) in [5, 5.41) is 2.89. The molecular weight excluding hydrogens is 368 g/mol. The zero-order valence-corrected chi connectivity index (χ0v) is 16.3. The van der Waals surface area contributed by atoms with Gasteiger partial charge in [0.05, 0.1) is 29.3 Å². The van der Waals surface area contributed by atoms with Crippen molar-refractivity contribution in [2.24, 2.45) is 0 Å². The number of hydrogen-bond acceptors (Lipinski definition) is 5. The Morgan fingerprint density at radius 2 is 1.77 bits per heavy atom. The lowest BCUT2D eigenvalue weighted by molar-refractivity contribution is 0.414. The highest BCUT2D eigenvalue weighted by Crippen LogP contribution is 2.21. The molecule has 1 aromatic heterocycles. The zero-order chi connectivity index (χ0) is 18.6. The number of rotatable bonds is 7. The summed E-state index contributed by atoms with van der Waals surface area (Å²) in [6.07, 6.45) is 0.750. The maximum Gasteiger partial charge on any atom is 0.243 e. The summed E-state index contributed by atoms with van der Waals surface area (Å²) in [5.74, 6) is 0.622. The smallest absolute Gasteiger partial charge is 0.243 e. The Kier molecular flexibility index (Phi) is 5.70. The van der Waals surface area contributed by atoms with Gasteiger partial charge in [-0.1, -0.05) is 30.3 Å². The fraction of sp³-hybridized carbons (Fsp3) is 0.211. The minimum Gasteiger partial charge on any atom is -0.497 e. The van der Waals surface area contributed by atoms with Gasteiger partial charge in [0.15, 0.2) is 0 Å². The molecule has 136 valence electrons. The summed E-state index contributed by atoms with van der Waals surface area (Å²) in [7, 11) is -0.458. The van der Waals surface area contributed by atoms with Crippen molar-refractivity contribution >= 4 is 21.4 Å². The molecule has 1 heterocycles. The van der Waals surface area contributed by atoms with Gasteiger partial charge in [0, 0.05) is 18.8 Å². The van der Waals surface area contributed by atoms with Crippen LogP contribution >= 0.6 is 11.3 Å². The molecule has 0 aliphatic carbocycles. The third-order valence-electron chi connectivity index (χ3n) is 3.95. The Bertz CT molecular complexity index is 952. The molecular formula is C19H20N2O3S2. The highest BCUT2D eigenvalue weighted by Gasteiger charge is 2.21. The van der Waals surface area contributed by atoms with Gasteiger partial charge in [0.2, 0.25) is 10.0 Å². The van der Waals surface area contributed by atoms with E-state index in [1.807, 2.05) is 23.6 Å². The van der Waals surface area contributed by atoms with Gasteiger partial charge >= 0.3 is 0 Å². The van der Waals surface area contributed by atoms with Gasteiger partial charge in [-0.15, -0.1) is 11.3 Å². The van der Waals surface area contributed by atoms with Gasteiger partial charge in [-0.2, -0.15) is 4.31 Å². The van der Waals surface area contributed by atoms with Gasteiger partial charge in [-0.25, -0.2) is 13.4 Å². The van der Waals surface area contributed by atoms with E-state index in [9.17, 15) is 8.42 Å². The summed E-state index contributed by atoms with van der Waals surface area (Å²) in [4.78, 5) is 4.81. The predicted octanol–water partition coefficient (Wildman–Crippen LogP) is 3.56. The second-order valence-corrected chi connectivity index (χ2v) is 8.82. The molecule has 5 nitrogen and oxygen atoms in total. The number of ether oxygens (including phenoxy) is 1. The zero-order valence-electron chi connectivity index (χ0n) is 14.6. The molecule has 3 rings (SSSR count). The van der Waals surface area contributed by atoms with Crippen molar-refractivity contribution in [3.8, 4) is 5.75 Å². The van der Waals surface area contributed by atoms with E-state index in [-0.39, 0.29) is 11.4 Å². The summed E-state index contributed by atoms with van der Waals surface area (Å²) < 4.78 is 31.8. The Morgan fingerprint density at radius 1 is 1.08 bits per heavy atom. The first-order valence-electron chi connectivity index (χ1n) is 8.06. The van der Waals surface area contributed by atoms with Crippen LogP contribution in [0.25, 0.3) is 0 Å². The molecule has 0 atom stereocenters. The Labute approximate surface area is 157 Å². The average molecular weight is 389 g/mol. The monoisotopic (exact) mass is 388 g/mol. The Hall–Kier alpha value is -2.22. The van der Waals surface area contributed by atoms with E-state index in [0.29, 0.717) is 5.75 Å². The lowest BCUT2D eigenvalue weighted by atomic mass is 10.2. The molecule has 0 aliphatic heterocycles. The fourth-order valence-corrected chi connectivity index (χ4v) is 4.48. The van der Waals surface area contributed by atoms with Crippen LogP contribution in [0, 0.1) is 0 Å². The SMILES string of the molecule is COc1ccc(S(=O)(=O)N(C)Cc2csc(Cc3ccccc3)n2)cc1. The molecule has 0 unspecified atom stereocenters. The highest BCUT2D eigenvalue weighted by molar-refractivity contribution is 7.89. The van der Waals surface area contributed by atoms with Gasteiger partial charge in [0.25, 0.3) is 0 Å². The highest BCUT2D eigenvalue weighted by atomic mass is 32.2. The maximum absolute atomic E-state index is 12.7. The van der Waals surface area contributed by atoms with Gasteiger partial charge in [-0.05, 0) is 29.8 Å². The van der Waals surface area contributed by atoms with E-state index in [0.717, 1.165) is 17.1 Å². The van der Waals surface area contributed by atoms with Crippen molar-refractivity contribution < 1.29 is 13.2 Å². The van der Waals surface area contributed by atoms with Crippen molar-refractivity contribution in [2.45, 2.75) is 17.9 Å². The first-order chi connectivity index (χ1) is 12.5. The normalized spacial score (nSPS) is 11.7. The Balaban J connectivity index is 1.69. The molecule has 0 N–H and O–H groups in total. The topological polar surface area (TPSA) is 59.5 Å². The molecule has 0 fully saturated rings. The van der Waals surface area contributed by atoms with E-state index in [4.69, 9.17) is 4.74 Å². The average Bonchev–Trinajstić information content (AvgIpc) is 3.09. The molecule has 0 saturated carbocycles. The Morgan fingerprint density at radius 3 is 2.42 bits per heavy atom. The molecule has 7 heteroatoms. The van der Waals surface area contributed by atoms with Crippen LogP contribution in [-0.4, -0.2) is 31.9 Å². The number of benzene rings is 2. The molecule has 2 aromatic carbocycles. The standard InChI is InChI=1S/C19H20N2O3S2/c1-21(26(22,23)18-10-8-17(24-2)9-11-18)13-16-14-25-19(20-16)12-15-6-4-3-5-7-15/h3-11,14H,12-13H2,1-2H3. The van der Waals surface area contributed by atoms with Crippen molar-refractivity contribution in [1.29, 1.82) is 0 Å². The molecule has 0 radical (unpaired) electrons. The maximum atomic E-state index is 12.7. The number of sulfonamides is 1. The lowest BCUT2D eigenvalue weighted by Gasteiger charge is -2.16. The quantitative estimate of drug-likeness (QED) is 0.621. The number of aromatic nitrogens is 1. The third kappa shape index (κ3) is 4.30. The van der Waals surface area contributed by atoms with Crippen LogP contribution in [0.3, 0.4) is 0 Å². The van der Waals surface area contributed by atoms with Gasteiger partial charge in [-0.3, -0.25) is 0 Å². The molecule has 0 bridgehead atoms. The number of hydrogen-bond donors (Lipinski definition) is 0. The lowest BCUT2D eigenvalue weighted by Crippen LogP contribution is -2.26. The van der Waals surface area contributed by atoms with Crippen LogP contribution < -0.4 is 4.74 Å². The molecule has 0 amide bonds. The third-order valence-corrected chi connectivity index (χ3v) is 6.67. The number of thiazole rings is 1. The van der Waals surface area contributed by atoms with Crippen LogP contribution in [-0.2, 0) is 23.0 Å².